The minimum atomic E-state index is -2.23. The summed E-state index contributed by atoms with van der Waals surface area (Å²) in [7, 11) is 0. The van der Waals surface area contributed by atoms with Crippen LogP contribution in [0.25, 0.3) is 0 Å². The van der Waals surface area contributed by atoms with Gasteiger partial charge in [0.15, 0.2) is 6.04 Å². The first kappa shape index (κ1) is 61.0. The molecular weight excluding hydrogens is 1080 g/mol. The summed E-state index contributed by atoms with van der Waals surface area (Å²) in [6.45, 7) is 3.53. The molecule has 0 radical (unpaired) electrons. The number of phenols is 6. The third kappa shape index (κ3) is 16.6. The maximum atomic E-state index is 14.7. The molecular formula is C52H56Cl2N8O17. The molecule has 0 fully saturated rings. The number of benzene rings is 5. The van der Waals surface area contributed by atoms with E-state index in [1.807, 2.05) is 0 Å². The van der Waals surface area contributed by atoms with Crippen LogP contribution in [-0.4, -0.2) is 117 Å². The fraction of sp³-hybridized carbons (Fsp3) is 0.269. The van der Waals surface area contributed by atoms with E-state index < -0.39 is 131 Å². The molecule has 0 aliphatic rings. The Kier molecular flexibility index (Phi) is 20.8. The van der Waals surface area contributed by atoms with Gasteiger partial charge in [0.2, 0.25) is 41.4 Å². The van der Waals surface area contributed by atoms with Crippen LogP contribution in [0.5, 0.6) is 34.5 Å². The summed E-state index contributed by atoms with van der Waals surface area (Å²) >= 11 is 12.2. The second-order valence-corrected chi connectivity index (χ2v) is 19.2. The summed E-state index contributed by atoms with van der Waals surface area (Å²) in [4.78, 5) is 111. The molecule has 0 spiro atoms. The lowest BCUT2D eigenvalue weighted by Crippen LogP contribution is -2.59. The number of nitrogens with two attached hydrogens (primary N) is 2. The molecule has 9 atom stereocenters. The van der Waals surface area contributed by atoms with Crippen LogP contribution >= 0.6 is 23.2 Å². The molecule has 0 saturated carbocycles. The van der Waals surface area contributed by atoms with Crippen molar-refractivity contribution >= 4 is 70.5 Å². The van der Waals surface area contributed by atoms with Crippen molar-refractivity contribution in [2.75, 3.05) is 0 Å². The number of rotatable bonds is 24. The van der Waals surface area contributed by atoms with E-state index in [2.05, 4.69) is 31.9 Å². The Morgan fingerprint density at radius 2 is 0.861 bits per heavy atom. The molecule has 27 heteroatoms. The quantitative estimate of drug-likeness (QED) is 0.0415. The second-order valence-electron chi connectivity index (χ2n) is 18.4. The first-order valence-corrected chi connectivity index (χ1v) is 24.4. The Morgan fingerprint density at radius 3 is 1.28 bits per heavy atom. The highest BCUT2D eigenvalue weighted by Crippen LogP contribution is 2.32. The first-order valence-electron chi connectivity index (χ1n) is 23.7. The molecule has 5 aromatic carbocycles. The van der Waals surface area contributed by atoms with Crippen molar-refractivity contribution in [3.8, 4) is 34.5 Å². The number of hydrogen-bond acceptors (Lipinski definition) is 17. The normalized spacial score (nSPS) is 14.6. The number of halogens is 2. The number of aliphatic hydroxyl groups excluding tert-OH is 2. The fourth-order valence-electron chi connectivity index (χ4n) is 7.87. The van der Waals surface area contributed by atoms with E-state index in [1.54, 1.807) is 13.8 Å². The molecule has 0 aromatic heterocycles. The van der Waals surface area contributed by atoms with Crippen LogP contribution in [0.15, 0.2) is 103 Å². The number of aliphatic carboxylic acids is 1. The van der Waals surface area contributed by atoms with Gasteiger partial charge in [-0.25, -0.2) is 4.79 Å². The lowest BCUT2D eigenvalue weighted by atomic mass is 9.98. The number of carbonyl (C=O) groups is 8. The zero-order valence-corrected chi connectivity index (χ0v) is 43.2. The number of carboxylic acid groups (broad SMARTS) is 1. The number of carboxylic acids is 1. The van der Waals surface area contributed by atoms with Crippen LogP contribution in [0.3, 0.4) is 0 Å². The van der Waals surface area contributed by atoms with E-state index >= 15 is 0 Å². The predicted octanol–water partition coefficient (Wildman–Crippen LogP) is 1.35. The van der Waals surface area contributed by atoms with Crippen LogP contribution in [-0.2, 0) is 38.4 Å². The van der Waals surface area contributed by atoms with Gasteiger partial charge in [-0.15, -0.1) is 0 Å². The standard InChI is InChI=1S/C52H56Cl2N8O17/c1-22(2)15-34(55)46(72)61-42(44(70)25-7-13-36(67)32(53)18-25)50(76)57-35(21-38(56)69)47(73)58-39(23-3-9-28(63)10-4-23)48(74)59-40(24-5-11-29(64)12-6-24)49(75)62-43(45(71)26-8-14-37(68)33(54)19-26)51(77)60-41(52(78)79)27-16-30(65)20-31(66)17-27/h3-14,16-20,22,34-35,39-45,63-68,70-71H,15,21,55H2,1-2H3,(H2,56,69)(H,57,76)(H,58,73)(H,59,74)(H,60,77)(H,61,72)(H,62,75)(H,78,79)/t34-,35+,39-,40-,41+,42+,43+,44-,45-/m1/s1. The molecule has 0 aliphatic carbocycles. The summed E-state index contributed by atoms with van der Waals surface area (Å²) in [5.74, 6) is -13.4. The maximum absolute atomic E-state index is 14.7. The molecule has 0 aliphatic heterocycles. The number of amides is 7. The lowest BCUT2D eigenvalue weighted by molar-refractivity contribution is -0.143. The number of phenolic OH excluding ortho intramolecular Hbond substituents is 6. The van der Waals surface area contributed by atoms with Crippen LogP contribution in [0, 0.1) is 5.92 Å². The van der Waals surface area contributed by atoms with Gasteiger partial charge in [0, 0.05) is 6.07 Å². The molecule has 79 heavy (non-hydrogen) atoms. The Bertz CT molecular complexity index is 3060. The molecule has 0 bridgehead atoms. The molecule has 0 saturated heterocycles. The average Bonchev–Trinajstić information content (AvgIpc) is 3.38. The average molecular weight is 1140 g/mol. The number of primary amides is 1. The highest BCUT2D eigenvalue weighted by atomic mass is 35.5. The topological polar surface area (TPSA) is 443 Å². The molecule has 0 heterocycles. The Morgan fingerprint density at radius 1 is 0.468 bits per heavy atom. The van der Waals surface area contributed by atoms with Crippen LogP contribution < -0.4 is 43.4 Å². The number of carbonyl (C=O) groups excluding carboxylic acids is 7. The number of hydrogen-bond donors (Lipinski definition) is 17. The molecule has 5 aromatic rings. The molecule has 7 amide bonds. The van der Waals surface area contributed by atoms with Crippen molar-refractivity contribution in [3.05, 3.63) is 141 Å². The largest absolute Gasteiger partial charge is 0.508 e. The highest BCUT2D eigenvalue weighted by Gasteiger charge is 2.39. The first-order chi connectivity index (χ1) is 37.1. The van der Waals surface area contributed by atoms with E-state index in [4.69, 9.17) is 34.7 Å². The van der Waals surface area contributed by atoms with Gasteiger partial charge in [-0.1, -0.05) is 73.4 Å². The second kappa shape index (κ2) is 26.9. The van der Waals surface area contributed by atoms with E-state index in [1.165, 1.54) is 6.07 Å². The van der Waals surface area contributed by atoms with Crippen molar-refractivity contribution in [2.24, 2.45) is 17.4 Å². The number of nitrogens with one attached hydrogen (secondary N) is 6. The van der Waals surface area contributed by atoms with Crippen molar-refractivity contribution < 1.29 is 84.3 Å². The molecule has 5 rings (SSSR count). The maximum Gasteiger partial charge on any atom is 0.330 e. The van der Waals surface area contributed by atoms with Crippen LogP contribution in [0.1, 0.15) is 84.8 Å². The zero-order valence-electron chi connectivity index (χ0n) is 41.7. The number of aliphatic hydroxyl groups is 2. The van der Waals surface area contributed by atoms with Crippen molar-refractivity contribution in [2.45, 2.75) is 81.2 Å². The minimum Gasteiger partial charge on any atom is -0.508 e. The van der Waals surface area contributed by atoms with Crippen molar-refractivity contribution in [1.82, 2.24) is 31.9 Å². The fourth-order valence-corrected chi connectivity index (χ4v) is 8.24. The van der Waals surface area contributed by atoms with Gasteiger partial charge in [0.25, 0.3) is 0 Å². The highest BCUT2D eigenvalue weighted by molar-refractivity contribution is 6.32. The lowest BCUT2D eigenvalue weighted by Gasteiger charge is -2.30. The number of aromatic hydroxyl groups is 6. The van der Waals surface area contributed by atoms with Gasteiger partial charge in [0.1, 0.15) is 76.9 Å². The third-order valence-electron chi connectivity index (χ3n) is 11.9. The van der Waals surface area contributed by atoms with Gasteiger partial charge in [-0.3, -0.25) is 33.6 Å². The van der Waals surface area contributed by atoms with E-state index in [-0.39, 0.29) is 61.7 Å². The summed E-state index contributed by atoms with van der Waals surface area (Å²) in [6, 6.07) is 4.74. The van der Waals surface area contributed by atoms with Crippen molar-refractivity contribution in [1.29, 1.82) is 0 Å². The molecule has 25 nitrogen and oxygen atoms in total. The predicted molar refractivity (Wildman–Crippen MR) is 279 cm³/mol. The smallest absolute Gasteiger partial charge is 0.330 e. The van der Waals surface area contributed by atoms with E-state index in [0.717, 1.165) is 97.1 Å². The van der Waals surface area contributed by atoms with Gasteiger partial charge in [-0.05, 0) is 101 Å². The molecule has 0 unspecified atom stereocenters. The minimum absolute atomic E-state index is 0.108. The van der Waals surface area contributed by atoms with E-state index in [0.29, 0.717) is 0 Å². The van der Waals surface area contributed by atoms with Crippen molar-refractivity contribution in [3.63, 3.8) is 0 Å². The summed E-state index contributed by atoms with van der Waals surface area (Å²) in [5, 5.41) is 107. The van der Waals surface area contributed by atoms with Gasteiger partial charge in [-0.2, -0.15) is 0 Å². The third-order valence-corrected chi connectivity index (χ3v) is 12.5. The Balaban J connectivity index is 1.53. The van der Waals surface area contributed by atoms with E-state index in [9.17, 15) is 84.3 Å². The summed E-state index contributed by atoms with van der Waals surface area (Å²) in [6.07, 6.45) is -4.96. The molecule has 420 valence electrons. The monoisotopic (exact) mass is 1130 g/mol. The van der Waals surface area contributed by atoms with Crippen LogP contribution in [0.4, 0.5) is 0 Å². The Hall–Kier alpha value is -8.88. The zero-order chi connectivity index (χ0) is 58.6. The van der Waals surface area contributed by atoms with Gasteiger partial charge >= 0.3 is 5.97 Å². The Labute approximate surface area is 459 Å². The van der Waals surface area contributed by atoms with Crippen LogP contribution in [0.2, 0.25) is 10.0 Å². The summed E-state index contributed by atoms with van der Waals surface area (Å²) in [5.41, 5.74) is 10.6. The van der Waals surface area contributed by atoms with Gasteiger partial charge < -0.3 is 89.3 Å². The SMILES string of the molecule is CC(C)C[C@@H](N)C(=O)N[C@H](C(=O)N[C@@H](CC(N)=O)C(=O)N[C@@H](C(=O)N[C@@H](C(=O)N[C@H](C(=O)N[C@H](C(=O)O)c1cc(O)cc(O)c1)[C@H](O)c1ccc(O)c(Cl)c1)c1ccc(O)cc1)c1ccc(O)cc1)[C@H](O)c1ccc(O)c(Cl)c1. The van der Waals surface area contributed by atoms with Gasteiger partial charge in [0.05, 0.1) is 22.5 Å². The molecule has 19 N–H and O–H groups in total. The summed E-state index contributed by atoms with van der Waals surface area (Å²) < 4.78 is 0.